The van der Waals surface area contributed by atoms with E-state index in [1.807, 2.05) is 39.0 Å². The minimum atomic E-state index is 0.540. The number of aromatic nitrogens is 1. The lowest BCUT2D eigenvalue weighted by atomic mass is 10.1. The van der Waals surface area contributed by atoms with Crippen molar-refractivity contribution in [2.24, 2.45) is 0 Å². The van der Waals surface area contributed by atoms with E-state index in [4.69, 9.17) is 11.5 Å². The number of anilines is 2. The smallest absolute Gasteiger partial charge is 0.0740 e. The van der Waals surface area contributed by atoms with Gasteiger partial charge in [-0.25, -0.2) is 0 Å². The number of benzene rings is 1. The summed E-state index contributed by atoms with van der Waals surface area (Å²) in [6.45, 7) is 6.02. The highest BCUT2D eigenvalue weighted by Gasteiger charge is 2.02. The summed E-state index contributed by atoms with van der Waals surface area (Å²) in [6.07, 6.45) is 1.59. The van der Waals surface area contributed by atoms with Crippen LogP contribution in [0.3, 0.4) is 0 Å². The predicted molar refractivity (Wildman–Crippen MR) is 66.7 cm³/mol. The molecule has 0 saturated carbocycles. The average molecular weight is 203 g/mol. The molecule has 1 heterocycles. The van der Waals surface area contributed by atoms with E-state index in [1.54, 1.807) is 6.20 Å². The van der Waals surface area contributed by atoms with E-state index in [-0.39, 0.29) is 0 Å². The molecule has 0 amide bonds. The maximum Gasteiger partial charge on any atom is 0.0740 e. The molecule has 0 aliphatic carbocycles. The van der Waals surface area contributed by atoms with E-state index in [0.717, 1.165) is 16.5 Å². The van der Waals surface area contributed by atoms with Gasteiger partial charge in [0.05, 0.1) is 23.1 Å². The Morgan fingerprint density at radius 3 is 2.47 bits per heavy atom. The van der Waals surface area contributed by atoms with Gasteiger partial charge in [0.1, 0.15) is 0 Å². The zero-order valence-corrected chi connectivity index (χ0v) is 9.41. The summed E-state index contributed by atoms with van der Waals surface area (Å²) in [5, 5.41) is 0.931. The Morgan fingerprint density at radius 1 is 1.13 bits per heavy atom. The molecule has 0 bridgehead atoms. The van der Waals surface area contributed by atoms with Gasteiger partial charge in [-0.15, -0.1) is 0 Å². The SMILES string of the molecule is CC.Cc1ccc2ncc(N)c(N)c2c1. The highest BCUT2D eigenvalue weighted by Crippen LogP contribution is 2.24. The summed E-state index contributed by atoms with van der Waals surface area (Å²) in [5.74, 6) is 0. The number of fused-ring (bicyclic) bond motifs is 1. The topological polar surface area (TPSA) is 64.9 Å². The van der Waals surface area contributed by atoms with Crippen molar-refractivity contribution in [3.8, 4) is 0 Å². The standard InChI is InChI=1S/C10H11N3.C2H6/c1-6-2-3-9-7(4-6)10(12)8(11)5-13-9;1-2/h2-5H,11H2,1H3,(H2,12,13);1-2H3. The number of hydrogen-bond donors (Lipinski definition) is 2. The van der Waals surface area contributed by atoms with E-state index < -0.39 is 0 Å². The monoisotopic (exact) mass is 203 g/mol. The van der Waals surface area contributed by atoms with Crippen molar-refractivity contribution in [3.63, 3.8) is 0 Å². The molecule has 0 radical (unpaired) electrons. The summed E-state index contributed by atoms with van der Waals surface area (Å²) >= 11 is 0. The highest BCUT2D eigenvalue weighted by atomic mass is 14.8. The number of nitrogens with zero attached hydrogens (tertiary/aromatic N) is 1. The van der Waals surface area contributed by atoms with Gasteiger partial charge in [0, 0.05) is 5.39 Å². The highest BCUT2D eigenvalue weighted by molar-refractivity contribution is 5.95. The van der Waals surface area contributed by atoms with E-state index >= 15 is 0 Å². The number of hydrogen-bond acceptors (Lipinski definition) is 3. The van der Waals surface area contributed by atoms with Gasteiger partial charge in [-0.3, -0.25) is 4.98 Å². The fourth-order valence-electron chi connectivity index (χ4n) is 1.34. The molecule has 4 N–H and O–H groups in total. The second kappa shape index (κ2) is 4.64. The summed E-state index contributed by atoms with van der Waals surface area (Å²) in [4.78, 5) is 4.18. The molecule has 0 atom stereocenters. The van der Waals surface area contributed by atoms with Crippen LogP contribution in [-0.2, 0) is 0 Å². The van der Waals surface area contributed by atoms with Crippen LogP contribution >= 0.6 is 0 Å². The van der Waals surface area contributed by atoms with Crippen molar-refractivity contribution in [1.82, 2.24) is 4.98 Å². The van der Waals surface area contributed by atoms with Gasteiger partial charge < -0.3 is 11.5 Å². The maximum atomic E-state index is 5.82. The van der Waals surface area contributed by atoms with Crippen LogP contribution in [0.2, 0.25) is 0 Å². The fraction of sp³-hybridized carbons (Fsp3) is 0.250. The van der Waals surface area contributed by atoms with Gasteiger partial charge in [0.15, 0.2) is 0 Å². The fourth-order valence-corrected chi connectivity index (χ4v) is 1.34. The van der Waals surface area contributed by atoms with Crippen LogP contribution in [0.25, 0.3) is 10.9 Å². The molecule has 0 saturated heterocycles. The third kappa shape index (κ3) is 2.18. The quantitative estimate of drug-likeness (QED) is 0.692. The van der Waals surface area contributed by atoms with Crippen LogP contribution in [0.1, 0.15) is 19.4 Å². The van der Waals surface area contributed by atoms with Gasteiger partial charge >= 0.3 is 0 Å². The number of pyridine rings is 1. The van der Waals surface area contributed by atoms with Gasteiger partial charge in [0.2, 0.25) is 0 Å². The zero-order chi connectivity index (χ0) is 11.4. The van der Waals surface area contributed by atoms with Crippen molar-refractivity contribution < 1.29 is 0 Å². The minimum absolute atomic E-state index is 0.540. The van der Waals surface area contributed by atoms with Gasteiger partial charge in [0.25, 0.3) is 0 Å². The summed E-state index contributed by atoms with van der Waals surface area (Å²) in [6, 6.07) is 5.94. The second-order valence-electron chi connectivity index (χ2n) is 3.15. The molecule has 0 aliphatic heterocycles. The first-order chi connectivity index (χ1) is 7.18. The van der Waals surface area contributed by atoms with E-state index in [1.165, 1.54) is 0 Å². The summed E-state index contributed by atoms with van der Waals surface area (Å²) in [5.41, 5.74) is 14.7. The van der Waals surface area contributed by atoms with Crippen LogP contribution in [0.5, 0.6) is 0 Å². The normalized spacial score (nSPS) is 9.53. The Kier molecular flexibility index (Phi) is 3.50. The lowest BCUT2D eigenvalue weighted by Gasteiger charge is -2.04. The number of rotatable bonds is 0. The maximum absolute atomic E-state index is 5.82. The van der Waals surface area contributed by atoms with E-state index in [2.05, 4.69) is 4.98 Å². The van der Waals surface area contributed by atoms with Gasteiger partial charge in [-0.2, -0.15) is 0 Å². The van der Waals surface area contributed by atoms with Gasteiger partial charge in [-0.1, -0.05) is 25.5 Å². The molecule has 1 aromatic heterocycles. The third-order valence-corrected chi connectivity index (χ3v) is 2.10. The second-order valence-corrected chi connectivity index (χ2v) is 3.15. The number of nitrogen functional groups attached to an aromatic ring is 2. The largest absolute Gasteiger partial charge is 0.396 e. The van der Waals surface area contributed by atoms with Crippen molar-refractivity contribution in [2.45, 2.75) is 20.8 Å². The van der Waals surface area contributed by atoms with Crippen LogP contribution in [0.15, 0.2) is 24.4 Å². The molecular weight excluding hydrogens is 186 g/mol. The molecule has 0 aliphatic rings. The van der Waals surface area contributed by atoms with Crippen molar-refractivity contribution in [2.75, 3.05) is 11.5 Å². The first kappa shape index (κ1) is 11.3. The molecule has 0 unspecified atom stereocenters. The van der Waals surface area contributed by atoms with Crippen molar-refractivity contribution >= 4 is 22.3 Å². The molecule has 3 heteroatoms. The first-order valence-electron chi connectivity index (χ1n) is 5.09. The molecule has 15 heavy (non-hydrogen) atoms. The first-order valence-corrected chi connectivity index (χ1v) is 5.09. The number of nitrogens with two attached hydrogens (primary N) is 2. The summed E-state index contributed by atoms with van der Waals surface area (Å²) < 4.78 is 0. The minimum Gasteiger partial charge on any atom is -0.396 e. The lowest BCUT2D eigenvalue weighted by Crippen LogP contribution is -1.97. The molecule has 1 aromatic carbocycles. The van der Waals surface area contributed by atoms with Gasteiger partial charge in [-0.05, 0) is 19.1 Å². The van der Waals surface area contributed by atoms with Crippen molar-refractivity contribution in [1.29, 1.82) is 0 Å². The lowest BCUT2D eigenvalue weighted by molar-refractivity contribution is 1.40. The number of aryl methyl sites for hydroxylation is 1. The summed E-state index contributed by atoms with van der Waals surface area (Å²) in [7, 11) is 0. The van der Waals surface area contributed by atoms with Crippen LogP contribution in [0.4, 0.5) is 11.4 Å². The van der Waals surface area contributed by atoms with Crippen LogP contribution < -0.4 is 11.5 Å². The van der Waals surface area contributed by atoms with E-state index in [0.29, 0.717) is 11.4 Å². The third-order valence-electron chi connectivity index (χ3n) is 2.10. The Hall–Kier alpha value is -1.77. The molecule has 2 rings (SSSR count). The molecule has 80 valence electrons. The average Bonchev–Trinajstić information content (AvgIpc) is 2.27. The Morgan fingerprint density at radius 2 is 1.80 bits per heavy atom. The Bertz CT molecular complexity index is 458. The molecule has 0 spiro atoms. The Balaban J connectivity index is 0.000000531. The van der Waals surface area contributed by atoms with E-state index in [9.17, 15) is 0 Å². The van der Waals surface area contributed by atoms with Crippen LogP contribution in [0, 0.1) is 6.92 Å². The molecular formula is C12H17N3. The molecule has 3 nitrogen and oxygen atoms in total. The molecule has 0 fully saturated rings. The zero-order valence-electron chi connectivity index (χ0n) is 9.41. The van der Waals surface area contributed by atoms with Crippen molar-refractivity contribution in [3.05, 3.63) is 30.0 Å². The van der Waals surface area contributed by atoms with Crippen LogP contribution in [-0.4, -0.2) is 4.98 Å². The Labute approximate surface area is 90.1 Å². The molecule has 2 aromatic rings. The predicted octanol–water partition coefficient (Wildman–Crippen LogP) is 2.73.